The normalized spacial score (nSPS) is 15.4. The Labute approximate surface area is 207 Å². The van der Waals surface area contributed by atoms with Gasteiger partial charge in [0.25, 0.3) is 5.91 Å². The number of aromatic nitrogens is 1. The molecule has 4 rings (SSSR count). The van der Waals surface area contributed by atoms with E-state index in [2.05, 4.69) is 4.99 Å². The second-order valence-electron chi connectivity index (χ2n) is 8.11. The number of hydrogen-bond acceptors (Lipinski definition) is 7. The molecule has 1 saturated heterocycles. The topological polar surface area (TPSA) is 107 Å². The maximum atomic E-state index is 13.0. The molecule has 2 heterocycles. The zero-order valence-electron chi connectivity index (χ0n) is 19.6. The molecule has 35 heavy (non-hydrogen) atoms. The predicted molar refractivity (Wildman–Crippen MR) is 132 cm³/mol. The van der Waals surface area contributed by atoms with Crippen molar-refractivity contribution in [3.8, 4) is 0 Å². The Bertz CT molecular complexity index is 1400. The Hall–Kier alpha value is -2.86. The summed E-state index contributed by atoms with van der Waals surface area (Å²) in [5.41, 5.74) is 1.51. The summed E-state index contributed by atoms with van der Waals surface area (Å²) in [6, 6.07) is 11.1. The van der Waals surface area contributed by atoms with Crippen molar-refractivity contribution >= 4 is 43.5 Å². The van der Waals surface area contributed by atoms with Gasteiger partial charge in [0.15, 0.2) is 4.80 Å². The number of sulfonamides is 1. The van der Waals surface area contributed by atoms with Gasteiger partial charge in [-0.2, -0.15) is 9.30 Å². The van der Waals surface area contributed by atoms with Crippen LogP contribution >= 0.6 is 11.3 Å². The first-order valence-corrected chi connectivity index (χ1v) is 13.5. The van der Waals surface area contributed by atoms with Crippen molar-refractivity contribution in [2.75, 3.05) is 33.9 Å². The van der Waals surface area contributed by atoms with Crippen molar-refractivity contribution in [3.05, 3.63) is 58.4 Å². The number of methoxy groups -OCH3 is 2. The molecule has 0 bridgehead atoms. The third-order valence-electron chi connectivity index (χ3n) is 5.87. The van der Waals surface area contributed by atoms with E-state index in [9.17, 15) is 18.0 Å². The lowest BCUT2D eigenvalue weighted by molar-refractivity contribution is 0.0600. The van der Waals surface area contributed by atoms with Crippen molar-refractivity contribution in [2.24, 2.45) is 4.99 Å². The van der Waals surface area contributed by atoms with Gasteiger partial charge >= 0.3 is 5.97 Å². The van der Waals surface area contributed by atoms with E-state index in [1.54, 1.807) is 25.3 Å². The predicted octanol–water partition coefficient (Wildman–Crippen LogP) is 3.05. The molecule has 186 valence electrons. The minimum absolute atomic E-state index is 0.170. The molecule has 1 fully saturated rings. The molecule has 2 aromatic carbocycles. The summed E-state index contributed by atoms with van der Waals surface area (Å²) in [4.78, 5) is 29.8. The number of rotatable bonds is 7. The van der Waals surface area contributed by atoms with Gasteiger partial charge in [-0.1, -0.05) is 17.8 Å². The lowest BCUT2D eigenvalue weighted by Crippen LogP contribution is -2.35. The summed E-state index contributed by atoms with van der Waals surface area (Å²) in [5.74, 6) is -0.935. The van der Waals surface area contributed by atoms with E-state index in [4.69, 9.17) is 9.47 Å². The largest absolute Gasteiger partial charge is 0.465 e. The Morgan fingerprint density at radius 1 is 1.00 bits per heavy atom. The van der Waals surface area contributed by atoms with Crippen LogP contribution < -0.4 is 4.80 Å². The van der Waals surface area contributed by atoms with Gasteiger partial charge in [-0.05, 0) is 55.3 Å². The minimum Gasteiger partial charge on any atom is -0.465 e. The van der Waals surface area contributed by atoms with Crippen molar-refractivity contribution < 1.29 is 27.5 Å². The smallest absolute Gasteiger partial charge is 0.337 e. The van der Waals surface area contributed by atoms with E-state index in [0.29, 0.717) is 36.6 Å². The summed E-state index contributed by atoms with van der Waals surface area (Å²) in [6.45, 7) is 1.91. The van der Waals surface area contributed by atoms with Crippen molar-refractivity contribution in [1.82, 2.24) is 8.87 Å². The minimum atomic E-state index is -3.57. The molecule has 1 aromatic heterocycles. The molecular weight excluding hydrogens is 490 g/mol. The lowest BCUT2D eigenvalue weighted by Gasteiger charge is -2.25. The van der Waals surface area contributed by atoms with Crippen LogP contribution in [0.2, 0.25) is 0 Å². The zero-order valence-corrected chi connectivity index (χ0v) is 21.2. The number of carbonyl (C=O) groups is 2. The number of piperidine rings is 1. The maximum absolute atomic E-state index is 13.0. The van der Waals surface area contributed by atoms with Crippen molar-refractivity contribution in [3.63, 3.8) is 0 Å². The third kappa shape index (κ3) is 5.37. The number of benzene rings is 2. The highest BCUT2D eigenvalue weighted by molar-refractivity contribution is 7.89. The monoisotopic (exact) mass is 517 g/mol. The number of amides is 1. The van der Waals surface area contributed by atoms with Gasteiger partial charge in [0.1, 0.15) is 0 Å². The van der Waals surface area contributed by atoms with Crippen molar-refractivity contribution in [2.45, 2.75) is 30.7 Å². The average molecular weight is 518 g/mol. The molecule has 1 aliphatic heterocycles. The number of nitrogens with zero attached hydrogens (tertiary/aromatic N) is 3. The van der Waals surface area contributed by atoms with Gasteiger partial charge in [-0.15, -0.1) is 0 Å². The van der Waals surface area contributed by atoms with Crippen LogP contribution in [0.1, 0.15) is 40.0 Å². The van der Waals surface area contributed by atoms with E-state index < -0.39 is 21.9 Å². The molecule has 0 saturated carbocycles. The first kappa shape index (κ1) is 25.2. The molecule has 0 spiro atoms. The molecule has 9 nitrogen and oxygen atoms in total. The standard InChI is InChI=1S/C24H27N3O6S2/c1-32-15-14-27-20-11-8-18(23(29)33-2)16-21(20)34-24(27)25-22(28)17-6-9-19(10-7-17)35(30,31)26-12-4-3-5-13-26/h6-11,16H,3-5,12-15H2,1-2H3. The molecule has 11 heteroatoms. The van der Waals surface area contributed by atoms with Crippen LogP contribution in [0.5, 0.6) is 0 Å². The lowest BCUT2D eigenvalue weighted by atomic mass is 10.2. The first-order valence-electron chi connectivity index (χ1n) is 11.2. The quantitative estimate of drug-likeness (QED) is 0.446. The zero-order chi connectivity index (χ0) is 25.0. The summed E-state index contributed by atoms with van der Waals surface area (Å²) in [5, 5.41) is 0. The summed E-state index contributed by atoms with van der Waals surface area (Å²) >= 11 is 1.28. The van der Waals surface area contributed by atoms with E-state index in [-0.39, 0.29) is 10.5 Å². The number of carbonyl (C=O) groups excluding carboxylic acids is 2. The Morgan fingerprint density at radius 2 is 1.69 bits per heavy atom. The average Bonchev–Trinajstić information content (AvgIpc) is 3.23. The summed E-state index contributed by atoms with van der Waals surface area (Å²) in [6.07, 6.45) is 2.75. The van der Waals surface area contributed by atoms with Gasteiger partial charge in [-0.3, -0.25) is 4.79 Å². The van der Waals surface area contributed by atoms with E-state index in [1.807, 2.05) is 4.57 Å². The van der Waals surface area contributed by atoms with Crippen LogP contribution in [0.3, 0.4) is 0 Å². The fourth-order valence-corrected chi connectivity index (χ4v) is 6.59. The molecular formula is C24H27N3O6S2. The number of thiazole rings is 1. The highest BCUT2D eigenvalue weighted by Gasteiger charge is 2.26. The Morgan fingerprint density at radius 3 is 2.34 bits per heavy atom. The number of fused-ring (bicyclic) bond motifs is 1. The van der Waals surface area contributed by atoms with Crippen LogP contribution in [0.4, 0.5) is 0 Å². The van der Waals surface area contributed by atoms with E-state index >= 15 is 0 Å². The van der Waals surface area contributed by atoms with Gasteiger partial charge < -0.3 is 14.0 Å². The maximum Gasteiger partial charge on any atom is 0.337 e. The van der Waals surface area contributed by atoms with Gasteiger partial charge in [-0.25, -0.2) is 13.2 Å². The molecule has 0 unspecified atom stereocenters. The fourth-order valence-electron chi connectivity index (χ4n) is 3.98. The highest BCUT2D eigenvalue weighted by Crippen LogP contribution is 2.22. The highest BCUT2D eigenvalue weighted by atomic mass is 32.2. The van der Waals surface area contributed by atoms with Gasteiger partial charge in [0, 0.05) is 32.3 Å². The molecule has 0 aliphatic carbocycles. The Balaban J connectivity index is 1.66. The first-order chi connectivity index (χ1) is 16.8. The third-order valence-corrected chi connectivity index (χ3v) is 8.83. The number of ether oxygens (including phenoxy) is 2. The number of hydrogen-bond donors (Lipinski definition) is 0. The molecule has 0 radical (unpaired) electrons. The summed E-state index contributed by atoms with van der Waals surface area (Å²) in [7, 11) is -0.663. The van der Waals surface area contributed by atoms with Gasteiger partial charge in [0.05, 0.1) is 34.4 Å². The fraction of sp³-hybridized carbons (Fsp3) is 0.375. The van der Waals surface area contributed by atoms with Crippen LogP contribution in [-0.2, 0) is 26.0 Å². The van der Waals surface area contributed by atoms with Crippen LogP contribution in [-0.4, -0.2) is 63.1 Å². The van der Waals surface area contributed by atoms with E-state index in [1.165, 1.54) is 47.0 Å². The molecule has 0 N–H and O–H groups in total. The van der Waals surface area contributed by atoms with E-state index in [0.717, 1.165) is 29.5 Å². The van der Waals surface area contributed by atoms with Crippen LogP contribution in [0.25, 0.3) is 10.2 Å². The SMILES string of the molecule is COCCn1c(=NC(=O)c2ccc(S(=O)(=O)N3CCCCC3)cc2)sc2cc(C(=O)OC)ccc21. The Kier molecular flexibility index (Phi) is 7.80. The van der Waals surface area contributed by atoms with Crippen LogP contribution in [0.15, 0.2) is 52.4 Å². The molecule has 3 aromatic rings. The molecule has 1 aliphatic rings. The molecule has 1 amide bonds. The van der Waals surface area contributed by atoms with Crippen molar-refractivity contribution in [1.29, 1.82) is 0 Å². The number of esters is 1. The van der Waals surface area contributed by atoms with Crippen LogP contribution in [0, 0.1) is 0 Å². The second kappa shape index (κ2) is 10.8. The van der Waals surface area contributed by atoms with Gasteiger partial charge in [0.2, 0.25) is 10.0 Å². The second-order valence-corrected chi connectivity index (χ2v) is 11.1. The summed E-state index contributed by atoms with van der Waals surface area (Å²) < 4.78 is 39.9. The molecule has 0 atom stereocenters.